The standard InChI is InChI=1S/C16H20N4O7S/c1-4-7-19-10-13(17-18-19)9-16(25-11(2)21)12-5-6-15(26-28-27-24-3)14(8-12)20(22)23/h5-6,8,10,16H,4,7,9H2,1-3H3. The molecule has 0 N–H and O–H groups in total. The summed E-state index contributed by atoms with van der Waals surface area (Å²) in [5.41, 5.74) is 0.722. The van der Waals surface area contributed by atoms with E-state index in [0.29, 0.717) is 30.1 Å². The highest BCUT2D eigenvalue weighted by Crippen LogP contribution is 2.34. The molecule has 0 aliphatic carbocycles. The average molecular weight is 412 g/mol. The van der Waals surface area contributed by atoms with Crippen LogP contribution in [0.3, 0.4) is 0 Å². The van der Waals surface area contributed by atoms with Crippen molar-refractivity contribution in [1.82, 2.24) is 15.0 Å². The summed E-state index contributed by atoms with van der Waals surface area (Å²) in [7, 11) is 1.27. The molecule has 152 valence electrons. The highest BCUT2D eigenvalue weighted by molar-refractivity contribution is 7.90. The molecule has 12 heteroatoms. The van der Waals surface area contributed by atoms with E-state index < -0.39 is 17.0 Å². The van der Waals surface area contributed by atoms with Crippen molar-refractivity contribution in [3.8, 4) is 5.75 Å². The number of hydrogen-bond acceptors (Lipinski definition) is 10. The smallest absolute Gasteiger partial charge is 0.313 e. The van der Waals surface area contributed by atoms with Crippen molar-refractivity contribution in [2.45, 2.75) is 39.3 Å². The van der Waals surface area contributed by atoms with Crippen molar-refractivity contribution >= 4 is 24.0 Å². The van der Waals surface area contributed by atoms with Crippen LogP contribution in [-0.2, 0) is 31.7 Å². The molecule has 1 unspecified atom stereocenters. The first-order chi connectivity index (χ1) is 13.4. The van der Waals surface area contributed by atoms with Crippen LogP contribution < -0.4 is 4.18 Å². The van der Waals surface area contributed by atoms with Crippen LogP contribution in [0.25, 0.3) is 0 Å². The Labute approximate surface area is 165 Å². The minimum Gasteiger partial charge on any atom is -0.457 e. The Bertz CT molecular complexity index is 814. The molecular formula is C16H20N4O7S. The number of aryl methyl sites for hydroxylation is 1. The Morgan fingerprint density at radius 1 is 1.43 bits per heavy atom. The fourth-order valence-electron chi connectivity index (χ4n) is 2.41. The van der Waals surface area contributed by atoms with E-state index in [2.05, 4.69) is 19.5 Å². The molecule has 2 rings (SSSR count). The summed E-state index contributed by atoms with van der Waals surface area (Å²) in [5, 5.41) is 19.5. The lowest BCUT2D eigenvalue weighted by Gasteiger charge is -2.16. The van der Waals surface area contributed by atoms with Crippen molar-refractivity contribution in [3.63, 3.8) is 0 Å². The van der Waals surface area contributed by atoms with Crippen molar-refractivity contribution < 1.29 is 27.9 Å². The molecule has 28 heavy (non-hydrogen) atoms. The Balaban J connectivity index is 2.27. The molecule has 0 bridgehead atoms. The number of nitro groups is 1. The first kappa shape index (κ1) is 21.6. The molecule has 0 aliphatic heterocycles. The van der Waals surface area contributed by atoms with E-state index >= 15 is 0 Å². The van der Waals surface area contributed by atoms with Gasteiger partial charge in [0.15, 0.2) is 0 Å². The van der Waals surface area contributed by atoms with Gasteiger partial charge in [-0.05, 0) is 18.1 Å². The lowest BCUT2D eigenvalue weighted by Crippen LogP contribution is -2.12. The summed E-state index contributed by atoms with van der Waals surface area (Å²) >= 11 is 0.440. The highest BCUT2D eigenvalue weighted by atomic mass is 32.2. The van der Waals surface area contributed by atoms with E-state index in [-0.39, 0.29) is 17.9 Å². The molecule has 0 spiro atoms. The number of hydrogen-bond donors (Lipinski definition) is 0. The number of nitro benzene ring substituents is 1. The van der Waals surface area contributed by atoms with Crippen LogP contribution in [0.1, 0.15) is 37.6 Å². The van der Waals surface area contributed by atoms with Gasteiger partial charge in [0.05, 0.1) is 17.7 Å². The third kappa shape index (κ3) is 6.18. The molecule has 1 aromatic heterocycles. The number of rotatable bonds is 11. The van der Waals surface area contributed by atoms with Gasteiger partial charge >= 0.3 is 11.7 Å². The van der Waals surface area contributed by atoms with Crippen LogP contribution >= 0.6 is 12.3 Å². The van der Waals surface area contributed by atoms with Gasteiger partial charge in [-0.25, -0.2) is 4.89 Å². The monoisotopic (exact) mass is 412 g/mol. The van der Waals surface area contributed by atoms with Gasteiger partial charge in [0, 0.05) is 32.2 Å². The molecule has 0 saturated heterocycles. The Morgan fingerprint density at radius 3 is 2.86 bits per heavy atom. The molecular weight excluding hydrogens is 392 g/mol. The van der Waals surface area contributed by atoms with Crippen molar-refractivity contribution in [1.29, 1.82) is 0 Å². The zero-order chi connectivity index (χ0) is 20.5. The van der Waals surface area contributed by atoms with Gasteiger partial charge in [0.1, 0.15) is 6.10 Å². The minimum absolute atomic E-state index is 0.0359. The summed E-state index contributed by atoms with van der Waals surface area (Å²) in [6, 6.07) is 4.25. The second kappa shape index (κ2) is 10.6. The van der Waals surface area contributed by atoms with Crippen LogP contribution in [0.2, 0.25) is 0 Å². The van der Waals surface area contributed by atoms with Crippen molar-refractivity contribution in [3.05, 3.63) is 45.8 Å². The fourth-order valence-corrected chi connectivity index (χ4v) is 2.71. The lowest BCUT2D eigenvalue weighted by molar-refractivity contribution is -0.385. The van der Waals surface area contributed by atoms with Crippen LogP contribution in [0.15, 0.2) is 24.4 Å². The van der Waals surface area contributed by atoms with Crippen LogP contribution in [0, 0.1) is 10.1 Å². The Kier molecular flexibility index (Phi) is 8.17. The van der Waals surface area contributed by atoms with E-state index in [9.17, 15) is 14.9 Å². The highest BCUT2D eigenvalue weighted by Gasteiger charge is 2.24. The predicted octanol–water partition coefficient (Wildman–Crippen LogP) is 2.96. The maximum Gasteiger partial charge on any atom is 0.313 e. The quantitative estimate of drug-likeness (QED) is 0.136. The number of benzene rings is 1. The Hall–Kier alpha value is -2.70. The minimum atomic E-state index is -0.764. The molecule has 1 heterocycles. The summed E-state index contributed by atoms with van der Waals surface area (Å²) in [5.74, 6) is -0.552. The first-order valence-electron chi connectivity index (χ1n) is 8.33. The van der Waals surface area contributed by atoms with Gasteiger partial charge in [0.2, 0.25) is 5.75 Å². The van der Waals surface area contributed by atoms with E-state index in [0.717, 1.165) is 6.42 Å². The van der Waals surface area contributed by atoms with E-state index in [1.54, 1.807) is 16.9 Å². The van der Waals surface area contributed by atoms with Gasteiger partial charge in [-0.15, -0.1) is 9.43 Å². The number of ether oxygens (including phenoxy) is 1. The van der Waals surface area contributed by atoms with Gasteiger partial charge in [0.25, 0.3) is 12.3 Å². The van der Waals surface area contributed by atoms with E-state index in [1.165, 1.54) is 26.2 Å². The van der Waals surface area contributed by atoms with E-state index in [1.807, 2.05) is 6.92 Å². The molecule has 0 saturated carbocycles. The third-order valence-corrected chi connectivity index (χ3v) is 3.95. The molecule has 0 aliphatic rings. The number of carbonyl (C=O) groups excluding carboxylic acids is 1. The number of aromatic nitrogens is 3. The number of esters is 1. The molecule has 1 aromatic carbocycles. The average Bonchev–Trinajstić information content (AvgIpc) is 3.08. The molecule has 0 radical (unpaired) electrons. The molecule has 11 nitrogen and oxygen atoms in total. The maximum atomic E-state index is 11.5. The molecule has 1 atom stereocenters. The number of carbonyl (C=O) groups is 1. The number of nitrogens with zero attached hydrogens (tertiary/aromatic N) is 4. The first-order valence-corrected chi connectivity index (χ1v) is 8.99. The summed E-state index contributed by atoms with van der Waals surface area (Å²) in [6.45, 7) is 4.00. The van der Waals surface area contributed by atoms with Gasteiger partial charge in [-0.3, -0.25) is 19.6 Å². The summed E-state index contributed by atoms with van der Waals surface area (Å²) in [4.78, 5) is 26.7. The predicted molar refractivity (Wildman–Crippen MR) is 97.9 cm³/mol. The van der Waals surface area contributed by atoms with Crippen LogP contribution in [-0.4, -0.2) is 33.0 Å². The molecule has 2 aromatic rings. The van der Waals surface area contributed by atoms with Crippen LogP contribution in [0.4, 0.5) is 5.69 Å². The fraction of sp³-hybridized carbons (Fsp3) is 0.438. The van der Waals surface area contributed by atoms with Crippen molar-refractivity contribution in [2.24, 2.45) is 0 Å². The lowest BCUT2D eigenvalue weighted by atomic mass is 10.0. The van der Waals surface area contributed by atoms with Gasteiger partial charge in [-0.2, -0.15) is 0 Å². The normalized spacial score (nSPS) is 11.8. The largest absolute Gasteiger partial charge is 0.457 e. The van der Waals surface area contributed by atoms with Gasteiger partial charge < -0.3 is 8.92 Å². The van der Waals surface area contributed by atoms with Gasteiger partial charge in [-0.1, -0.05) is 18.2 Å². The molecule has 0 fully saturated rings. The SMILES string of the molecule is CCCn1cc(CC(OC(C)=O)c2ccc(OSOOC)c([N+](=O)[O-])c2)nn1. The second-order valence-corrected chi connectivity index (χ2v) is 6.08. The van der Waals surface area contributed by atoms with Crippen molar-refractivity contribution in [2.75, 3.05) is 7.11 Å². The van der Waals surface area contributed by atoms with Crippen LogP contribution in [0.5, 0.6) is 5.75 Å². The Morgan fingerprint density at radius 2 is 2.21 bits per heavy atom. The van der Waals surface area contributed by atoms with E-state index in [4.69, 9.17) is 8.92 Å². The maximum absolute atomic E-state index is 11.5. The zero-order valence-electron chi connectivity index (χ0n) is 15.6. The summed E-state index contributed by atoms with van der Waals surface area (Å²) in [6.07, 6.45) is 2.11. The molecule has 0 amide bonds. The third-order valence-electron chi connectivity index (χ3n) is 3.51. The second-order valence-electron chi connectivity index (χ2n) is 5.65. The zero-order valence-corrected chi connectivity index (χ0v) is 16.4. The summed E-state index contributed by atoms with van der Waals surface area (Å²) < 4.78 is 16.6. The topological polar surface area (TPSA) is 128 Å².